The van der Waals surface area contributed by atoms with Crippen molar-refractivity contribution in [3.63, 3.8) is 0 Å². The van der Waals surface area contributed by atoms with Crippen LogP contribution in [0.25, 0.3) is 0 Å². The summed E-state index contributed by atoms with van der Waals surface area (Å²) >= 11 is 0. The van der Waals surface area contributed by atoms with Gasteiger partial charge in [-0.1, -0.05) is 0 Å². The van der Waals surface area contributed by atoms with Gasteiger partial charge in [-0.05, 0) is 20.8 Å². The molecule has 0 saturated carbocycles. The number of carbonyl (C=O) groups excluding carboxylic acids is 1. The van der Waals surface area contributed by atoms with Gasteiger partial charge in [0.25, 0.3) is 0 Å². The minimum atomic E-state index is -1.20. The van der Waals surface area contributed by atoms with E-state index in [4.69, 9.17) is 15.6 Å². The second-order valence-corrected chi connectivity index (χ2v) is 3.74. The van der Waals surface area contributed by atoms with Crippen LogP contribution >= 0.6 is 0 Å². The summed E-state index contributed by atoms with van der Waals surface area (Å²) in [6, 6.07) is -1.19. The Morgan fingerprint density at radius 3 is 2.14 bits per heavy atom. The molecule has 0 bridgehead atoms. The monoisotopic (exact) mass is 252 g/mol. The number of hydrogen-bond donors (Lipinski definition) is 2. The fourth-order valence-electron chi connectivity index (χ4n) is 0.650. The molecule has 0 aliphatic rings. The van der Waals surface area contributed by atoms with Crippen LogP contribution in [0.15, 0.2) is 0 Å². The molecule has 0 aliphatic heterocycles. The molecule has 0 aliphatic carbocycles. The number of aliphatic carboxylic acids is 1. The van der Waals surface area contributed by atoms with Crippen molar-refractivity contribution in [1.29, 1.82) is 0 Å². The van der Waals surface area contributed by atoms with E-state index >= 15 is 0 Å². The molecule has 0 saturated heterocycles. The molecule has 0 aromatic rings. The van der Waals surface area contributed by atoms with Gasteiger partial charge in [0.1, 0.15) is 11.6 Å². The Bertz CT molecular complexity index is 212. The maximum Gasteiger partial charge on any atom is 0.321 e. The number of carboxylic acid groups (broad SMARTS) is 1. The molecule has 0 spiro atoms. The molecule has 1 atom stereocenters. The molecule has 0 aromatic heterocycles. The van der Waals surface area contributed by atoms with Crippen molar-refractivity contribution in [2.75, 3.05) is 0 Å². The molecular formula is C8H15CuNO4. The number of carboxylic acids is 1. The van der Waals surface area contributed by atoms with Crippen molar-refractivity contribution in [2.45, 2.75) is 38.8 Å². The van der Waals surface area contributed by atoms with Gasteiger partial charge in [-0.2, -0.15) is 0 Å². The molecule has 3 N–H and O–H groups in total. The fraction of sp³-hybridized carbons (Fsp3) is 0.750. The molecule has 1 unspecified atom stereocenters. The standard InChI is InChI=1S/C8H15NO4.Cu/c1-8(2,3)13-6(10)4-5(9)7(11)12;/h5H,4,9H2,1-3H3,(H,11,12);. The maximum absolute atomic E-state index is 11.0. The summed E-state index contributed by atoms with van der Waals surface area (Å²) in [6.07, 6.45) is -0.299. The first-order chi connectivity index (χ1) is 5.72. The smallest absolute Gasteiger partial charge is 0.321 e. The Morgan fingerprint density at radius 1 is 1.43 bits per heavy atom. The van der Waals surface area contributed by atoms with E-state index in [1.165, 1.54) is 0 Å². The van der Waals surface area contributed by atoms with Gasteiger partial charge in [-0.3, -0.25) is 9.59 Å². The average molecular weight is 253 g/mol. The third-order valence-corrected chi connectivity index (χ3v) is 1.12. The van der Waals surface area contributed by atoms with Crippen molar-refractivity contribution in [3.05, 3.63) is 0 Å². The van der Waals surface area contributed by atoms with Gasteiger partial charge in [0.15, 0.2) is 0 Å². The van der Waals surface area contributed by atoms with Gasteiger partial charge in [0.05, 0.1) is 6.42 Å². The molecule has 0 aromatic carbocycles. The van der Waals surface area contributed by atoms with Gasteiger partial charge in [0, 0.05) is 17.1 Å². The summed E-state index contributed by atoms with van der Waals surface area (Å²) < 4.78 is 4.88. The molecular weight excluding hydrogens is 238 g/mol. The summed E-state index contributed by atoms with van der Waals surface area (Å²) in [5.74, 6) is -1.80. The Labute approximate surface area is 93.5 Å². The van der Waals surface area contributed by atoms with Crippen LogP contribution in [0.2, 0.25) is 0 Å². The third-order valence-electron chi connectivity index (χ3n) is 1.12. The Hall–Kier alpha value is -0.581. The quantitative estimate of drug-likeness (QED) is 0.550. The Kier molecular flexibility index (Phi) is 6.81. The summed E-state index contributed by atoms with van der Waals surface area (Å²) in [6.45, 7) is 5.12. The number of carbonyl (C=O) groups is 2. The predicted molar refractivity (Wildman–Crippen MR) is 46.1 cm³/mol. The minimum Gasteiger partial charge on any atom is -0.480 e. The zero-order valence-corrected chi connectivity index (χ0v) is 9.28. The number of ether oxygens (including phenoxy) is 1. The van der Waals surface area contributed by atoms with Gasteiger partial charge < -0.3 is 15.6 Å². The molecule has 0 heterocycles. The van der Waals surface area contributed by atoms with E-state index in [2.05, 4.69) is 0 Å². The van der Waals surface area contributed by atoms with Crippen molar-refractivity contribution in [1.82, 2.24) is 0 Å². The van der Waals surface area contributed by atoms with E-state index in [-0.39, 0.29) is 23.5 Å². The normalized spacial score (nSPS) is 12.6. The van der Waals surface area contributed by atoms with Gasteiger partial charge in [-0.25, -0.2) is 0 Å². The van der Waals surface area contributed by atoms with Crippen LogP contribution in [-0.2, 0) is 31.4 Å². The number of esters is 1. The summed E-state index contributed by atoms with van der Waals surface area (Å²) in [4.78, 5) is 21.3. The second-order valence-electron chi connectivity index (χ2n) is 3.74. The molecule has 87 valence electrons. The average Bonchev–Trinajstić information content (AvgIpc) is 1.81. The molecule has 5 nitrogen and oxygen atoms in total. The van der Waals surface area contributed by atoms with Crippen LogP contribution in [0.4, 0.5) is 0 Å². The molecule has 0 amide bonds. The first kappa shape index (κ1) is 15.9. The van der Waals surface area contributed by atoms with E-state index in [9.17, 15) is 9.59 Å². The van der Waals surface area contributed by atoms with Gasteiger partial charge >= 0.3 is 11.9 Å². The van der Waals surface area contributed by atoms with Crippen LogP contribution < -0.4 is 5.73 Å². The first-order valence-electron chi connectivity index (χ1n) is 3.92. The van der Waals surface area contributed by atoms with Crippen LogP contribution in [0.5, 0.6) is 0 Å². The van der Waals surface area contributed by atoms with E-state index in [1.54, 1.807) is 20.8 Å². The zero-order valence-electron chi connectivity index (χ0n) is 8.34. The second kappa shape index (κ2) is 6.01. The first-order valence-corrected chi connectivity index (χ1v) is 3.92. The molecule has 0 fully saturated rings. The zero-order chi connectivity index (χ0) is 10.6. The molecule has 0 rings (SSSR count). The minimum absolute atomic E-state index is 0. The largest absolute Gasteiger partial charge is 0.480 e. The molecule has 14 heavy (non-hydrogen) atoms. The van der Waals surface area contributed by atoms with Crippen molar-refractivity contribution in [3.8, 4) is 0 Å². The van der Waals surface area contributed by atoms with Gasteiger partial charge in [-0.15, -0.1) is 0 Å². The van der Waals surface area contributed by atoms with Crippen molar-refractivity contribution in [2.24, 2.45) is 5.73 Å². The fourth-order valence-corrected chi connectivity index (χ4v) is 0.650. The topological polar surface area (TPSA) is 89.6 Å². The summed E-state index contributed by atoms with van der Waals surface area (Å²) in [7, 11) is 0. The van der Waals surface area contributed by atoms with E-state index in [0.717, 1.165) is 0 Å². The van der Waals surface area contributed by atoms with Crippen LogP contribution in [0, 0.1) is 0 Å². The number of hydrogen-bond acceptors (Lipinski definition) is 4. The van der Waals surface area contributed by atoms with Crippen LogP contribution in [0.3, 0.4) is 0 Å². The van der Waals surface area contributed by atoms with Crippen LogP contribution in [0.1, 0.15) is 27.2 Å². The van der Waals surface area contributed by atoms with E-state index < -0.39 is 23.6 Å². The summed E-state index contributed by atoms with van der Waals surface area (Å²) in [5.41, 5.74) is 4.53. The van der Waals surface area contributed by atoms with Crippen molar-refractivity contribution >= 4 is 11.9 Å². The van der Waals surface area contributed by atoms with Gasteiger partial charge in [0.2, 0.25) is 0 Å². The predicted octanol–water partition coefficient (Wildman–Crippen LogP) is 0.128. The Balaban J connectivity index is 0. The SMILES string of the molecule is CC(C)(C)OC(=O)CC(N)C(=O)O.[Cu]. The third kappa shape index (κ3) is 8.04. The Morgan fingerprint density at radius 2 is 1.86 bits per heavy atom. The van der Waals surface area contributed by atoms with Crippen molar-refractivity contribution < 1.29 is 36.5 Å². The van der Waals surface area contributed by atoms with Crippen LogP contribution in [-0.4, -0.2) is 28.7 Å². The summed E-state index contributed by atoms with van der Waals surface area (Å²) in [5, 5.41) is 8.40. The molecule has 1 radical (unpaired) electrons. The molecule has 6 heteroatoms. The van der Waals surface area contributed by atoms with E-state index in [1.807, 2.05) is 0 Å². The van der Waals surface area contributed by atoms with E-state index in [0.29, 0.717) is 0 Å². The maximum atomic E-state index is 11.0. The number of nitrogens with two attached hydrogens (primary N) is 1. The number of rotatable bonds is 3.